The Morgan fingerprint density at radius 3 is 2.74 bits per heavy atom. The number of fused-ring (bicyclic) bond motifs is 1. The first kappa shape index (κ1) is 17.4. The van der Waals surface area contributed by atoms with Gasteiger partial charge in [-0.15, -0.1) is 0 Å². The van der Waals surface area contributed by atoms with Crippen LogP contribution in [0, 0.1) is 12.8 Å². The van der Waals surface area contributed by atoms with E-state index < -0.39 is 11.9 Å². The number of carbonyl (C=O) groups excluding carboxylic acids is 3. The molecule has 1 saturated carbocycles. The molecule has 0 bridgehead atoms. The lowest BCUT2D eigenvalue weighted by Crippen LogP contribution is -2.45. The lowest BCUT2D eigenvalue weighted by atomic mass is 10.0. The van der Waals surface area contributed by atoms with Crippen molar-refractivity contribution in [2.45, 2.75) is 45.2 Å². The summed E-state index contributed by atoms with van der Waals surface area (Å²) in [6.45, 7) is 2.02. The number of hydrogen-bond donors (Lipinski definition) is 2. The van der Waals surface area contributed by atoms with Crippen LogP contribution in [0.2, 0.25) is 0 Å². The average Bonchev–Trinajstić information content (AvgIpc) is 3.47. The van der Waals surface area contributed by atoms with Gasteiger partial charge in [-0.1, -0.05) is 6.07 Å². The fourth-order valence-electron chi connectivity index (χ4n) is 3.44. The zero-order valence-corrected chi connectivity index (χ0v) is 14.9. The predicted molar refractivity (Wildman–Crippen MR) is 96.7 cm³/mol. The third kappa shape index (κ3) is 3.34. The molecule has 1 saturated heterocycles. The second kappa shape index (κ2) is 6.61. The summed E-state index contributed by atoms with van der Waals surface area (Å²) in [6.07, 6.45) is 2.33. The maximum absolute atomic E-state index is 13.1. The number of benzene rings is 1. The minimum atomic E-state index is -0.745. The van der Waals surface area contributed by atoms with Crippen molar-refractivity contribution in [3.05, 3.63) is 39.9 Å². The molecular weight excluding hydrogens is 348 g/mol. The monoisotopic (exact) mass is 368 g/mol. The SMILES string of the molecule is Cc1nc2ccc(CNC(=O)C3CC3)cc2c(=O)n1C1CCC(=O)NC1=O. The number of amides is 3. The van der Waals surface area contributed by atoms with E-state index in [1.165, 1.54) is 4.57 Å². The van der Waals surface area contributed by atoms with Crippen LogP contribution in [0.15, 0.2) is 23.0 Å². The first-order valence-corrected chi connectivity index (χ1v) is 9.07. The quantitative estimate of drug-likeness (QED) is 0.772. The van der Waals surface area contributed by atoms with Gasteiger partial charge in [-0.05, 0) is 43.9 Å². The fraction of sp³-hybridized carbons (Fsp3) is 0.421. The zero-order valence-electron chi connectivity index (χ0n) is 14.9. The summed E-state index contributed by atoms with van der Waals surface area (Å²) >= 11 is 0. The highest BCUT2D eigenvalue weighted by Crippen LogP contribution is 2.28. The Kier molecular flexibility index (Phi) is 4.25. The van der Waals surface area contributed by atoms with E-state index in [2.05, 4.69) is 15.6 Å². The molecule has 27 heavy (non-hydrogen) atoms. The van der Waals surface area contributed by atoms with Crippen LogP contribution < -0.4 is 16.2 Å². The number of piperidine rings is 1. The second-order valence-corrected chi connectivity index (χ2v) is 7.14. The highest BCUT2D eigenvalue weighted by atomic mass is 16.2. The van der Waals surface area contributed by atoms with E-state index in [1.807, 2.05) is 6.07 Å². The van der Waals surface area contributed by atoms with Gasteiger partial charge in [0.05, 0.1) is 10.9 Å². The van der Waals surface area contributed by atoms with Gasteiger partial charge in [0.2, 0.25) is 17.7 Å². The number of carbonyl (C=O) groups is 3. The third-order valence-electron chi connectivity index (χ3n) is 5.08. The topological polar surface area (TPSA) is 110 Å². The standard InChI is InChI=1S/C19H20N4O4/c1-10-21-14-5-2-11(9-20-17(25)12-3-4-12)8-13(14)19(27)23(10)15-6-7-16(24)22-18(15)26/h2,5,8,12,15H,3-4,6-7,9H2,1H3,(H,20,25)(H,22,24,26). The first-order chi connectivity index (χ1) is 12.9. The molecule has 140 valence electrons. The van der Waals surface area contributed by atoms with Crippen molar-refractivity contribution in [3.8, 4) is 0 Å². The summed E-state index contributed by atoms with van der Waals surface area (Å²) < 4.78 is 1.36. The Hall–Kier alpha value is -3.03. The van der Waals surface area contributed by atoms with Crippen LogP contribution >= 0.6 is 0 Å². The molecule has 1 unspecified atom stereocenters. The molecule has 1 aromatic carbocycles. The van der Waals surface area contributed by atoms with Gasteiger partial charge >= 0.3 is 0 Å². The maximum atomic E-state index is 13.1. The van der Waals surface area contributed by atoms with Crippen LogP contribution in [0.5, 0.6) is 0 Å². The van der Waals surface area contributed by atoms with Crippen LogP contribution in [0.4, 0.5) is 0 Å². The summed E-state index contributed by atoms with van der Waals surface area (Å²) in [6, 6.07) is 4.54. The number of nitrogens with zero attached hydrogens (tertiary/aromatic N) is 2. The average molecular weight is 368 g/mol. The molecule has 1 aromatic heterocycles. The highest BCUT2D eigenvalue weighted by Gasteiger charge is 2.31. The fourth-order valence-corrected chi connectivity index (χ4v) is 3.44. The van der Waals surface area contributed by atoms with Crippen molar-refractivity contribution in [1.29, 1.82) is 0 Å². The number of nitrogens with one attached hydrogen (secondary N) is 2. The largest absolute Gasteiger partial charge is 0.352 e. The summed E-state index contributed by atoms with van der Waals surface area (Å²) in [5.74, 6) is -0.218. The van der Waals surface area contributed by atoms with Crippen molar-refractivity contribution >= 4 is 28.6 Å². The maximum Gasteiger partial charge on any atom is 0.262 e. The van der Waals surface area contributed by atoms with Crippen LogP contribution in [0.25, 0.3) is 10.9 Å². The molecule has 4 rings (SSSR count). The smallest absolute Gasteiger partial charge is 0.262 e. The summed E-state index contributed by atoms with van der Waals surface area (Å²) in [5.41, 5.74) is 1.02. The Morgan fingerprint density at radius 1 is 1.26 bits per heavy atom. The normalized spacial score (nSPS) is 19.8. The second-order valence-electron chi connectivity index (χ2n) is 7.14. The molecule has 2 aliphatic rings. The number of rotatable bonds is 4. The Labute approximate surface area is 155 Å². The Bertz CT molecular complexity index is 1020. The van der Waals surface area contributed by atoms with Gasteiger partial charge in [0, 0.05) is 18.9 Å². The van der Waals surface area contributed by atoms with Gasteiger partial charge in [-0.2, -0.15) is 0 Å². The van der Waals surface area contributed by atoms with E-state index in [-0.39, 0.29) is 36.1 Å². The summed E-state index contributed by atoms with van der Waals surface area (Å²) in [5, 5.41) is 5.55. The molecule has 1 aliphatic carbocycles. The van der Waals surface area contributed by atoms with E-state index in [1.54, 1.807) is 19.1 Å². The molecule has 1 aliphatic heterocycles. The molecule has 0 radical (unpaired) electrons. The van der Waals surface area contributed by atoms with Crippen LogP contribution in [-0.2, 0) is 20.9 Å². The molecule has 1 atom stereocenters. The highest BCUT2D eigenvalue weighted by molar-refractivity contribution is 5.99. The van der Waals surface area contributed by atoms with Gasteiger partial charge in [-0.3, -0.25) is 29.1 Å². The van der Waals surface area contributed by atoms with Crippen molar-refractivity contribution in [3.63, 3.8) is 0 Å². The van der Waals surface area contributed by atoms with Crippen LogP contribution in [0.1, 0.15) is 43.1 Å². The number of aryl methyl sites for hydroxylation is 1. The number of hydrogen-bond acceptors (Lipinski definition) is 5. The first-order valence-electron chi connectivity index (χ1n) is 9.07. The zero-order chi connectivity index (χ0) is 19.1. The molecule has 3 amide bonds. The van der Waals surface area contributed by atoms with Crippen LogP contribution in [0.3, 0.4) is 0 Å². The van der Waals surface area contributed by atoms with E-state index in [0.29, 0.717) is 23.3 Å². The minimum Gasteiger partial charge on any atom is -0.352 e. The Balaban J connectivity index is 1.68. The third-order valence-corrected chi connectivity index (χ3v) is 5.08. The lowest BCUT2D eigenvalue weighted by Gasteiger charge is -2.24. The Morgan fingerprint density at radius 2 is 2.04 bits per heavy atom. The molecule has 2 heterocycles. The molecule has 0 spiro atoms. The molecule has 8 heteroatoms. The van der Waals surface area contributed by atoms with E-state index in [9.17, 15) is 19.2 Å². The van der Waals surface area contributed by atoms with Crippen LogP contribution in [-0.4, -0.2) is 27.3 Å². The van der Waals surface area contributed by atoms with Gasteiger partial charge in [0.25, 0.3) is 5.56 Å². The van der Waals surface area contributed by atoms with E-state index >= 15 is 0 Å². The van der Waals surface area contributed by atoms with Gasteiger partial charge in [0.15, 0.2) is 0 Å². The van der Waals surface area contributed by atoms with Crippen molar-refractivity contribution in [2.24, 2.45) is 5.92 Å². The van der Waals surface area contributed by atoms with Gasteiger partial charge < -0.3 is 5.32 Å². The van der Waals surface area contributed by atoms with Crippen molar-refractivity contribution in [1.82, 2.24) is 20.2 Å². The van der Waals surface area contributed by atoms with E-state index in [4.69, 9.17) is 0 Å². The van der Waals surface area contributed by atoms with Crippen molar-refractivity contribution < 1.29 is 14.4 Å². The molecular formula is C19H20N4O4. The lowest BCUT2D eigenvalue weighted by molar-refractivity contribution is -0.135. The van der Waals surface area contributed by atoms with E-state index in [0.717, 1.165) is 18.4 Å². The molecule has 2 N–H and O–H groups in total. The minimum absolute atomic E-state index is 0.0399. The summed E-state index contributed by atoms with van der Waals surface area (Å²) in [7, 11) is 0. The molecule has 2 aromatic rings. The number of imide groups is 1. The van der Waals surface area contributed by atoms with Gasteiger partial charge in [0.1, 0.15) is 11.9 Å². The van der Waals surface area contributed by atoms with Gasteiger partial charge in [-0.25, -0.2) is 4.98 Å². The summed E-state index contributed by atoms with van der Waals surface area (Å²) in [4.78, 5) is 52.9. The van der Waals surface area contributed by atoms with Crippen molar-refractivity contribution in [2.75, 3.05) is 0 Å². The molecule has 2 fully saturated rings. The predicted octanol–water partition coefficient (Wildman–Crippen LogP) is 0.709. The number of aromatic nitrogens is 2. The molecule has 8 nitrogen and oxygen atoms in total.